The average Bonchev–Trinajstić information content (AvgIpc) is 2.76. The van der Waals surface area contributed by atoms with Crippen molar-refractivity contribution in [2.75, 3.05) is 5.43 Å². The minimum atomic E-state index is 0.812. The van der Waals surface area contributed by atoms with E-state index >= 15 is 0 Å². The van der Waals surface area contributed by atoms with Crippen molar-refractivity contribution >= 4 is 22.7 Å². The summed E-state index contributed by atoms with van der Waals surface area (Å²) in [5.74, 6) is 0. The second kappa shape index (κ2) is 4.70. The van der Waals surface area contributed by atoms with E-state index in [1.165, 1.54) is 0 Å². The fraction of sp³-hybridized carbons (Fsp3) is 0.0909. The minimum absolute atomic E-state index is 0.812. The van der Waals surface area contributed by atoms with Gasteiger partial charge in [0.25, 0.3) is 0 Å². The Bertz CT molecular complexity index is 448. The molecule has 15 heavy (non-hydrogen) atoms. The molecule has 1 N–H and O–H groups in total. The molecule has 0 aliphatic heterocycles. The van der Waals surface area contributed by atoms with E-state index in [2.05, 4.69) is 15.5 Å². The van der Waals surface area contributed by atoms with Crippen LogP contribution >= 0.6 is 11.3 Å². The van der Waals surface area contributed by atoms with Gasteiger partial charge in [-0.15, -0.1) is 11.3 Å². The monoisotopic (exact) mass is 217 g/mol. The number of nitrogens with one attached hydrogen (secondary N) is 1. The topological polar surface area (TPSA) is 37.3 Å². The average molecular weight is 217 g/mol. The van der Waals surface area contributed by atoms with Gasteiger partial charge in [0.05, 0.1) is 5.69 Å². The Labute approximate surface area is 92.5 Å². The van der Waals surface area contributed by atoms with Gasteiger partial charge in [-0.05, 0) is 6.92 Å². The first-order valence-corrected chi connectivity index (χ1v) is 5.53. The third-order valence-corrected chi connectivity index (χ3v) is 2.61. The molecule has 0 amide bonds. The number of hydrazone groups is 1. The van der Waals surface area contributed by atoms with Crippen molar-refractivity contribution in [3.05, 3.63) is 35.7 Å². The number of thiazole rings is 1. The zero-order valence-corrected chi connectivity index (χ0v) is 9.16. The summed E-state index contributed by atoms with van der Waals surface area (Å²) in [4.78, 5) is 4.41. The van der Waals surface area contributed by atoms with Crippen molar-refractivity contribution in [2.45, 2.75) is 6.92 Å². The molecule has 0 radical (unpaired) electrons. The number of nitrogens with zero attached hydrogens (tertiary/aromatic N) is 2. The molecule has 2 aromatic rings. The Morgan fingerprint density at radius 2 is 2.13 bits per heavy atom. The fourth-order valence-corrected chi connectivity index (χ4v) is 1.85. The van der Waals surface area contributed by atoms with Gasteiger partial charge < -0.3 is 0 Å². The molecule has 0 bridgehead atoms. The number of hydrogen-bond donors (Lipinski definition) is 1. The van der Waals surface area contributed by atoms with Crippen molar-refractivity contribution in [3.8, 4) is 11.3 Å². The Balaban J connectivity index is 2.20. The van der Waals surface area contributed by atoms with Crippen LogP contribution in [0.2, 0.25) is 0 Å². The van der Waals surface area contributed by atoms with Gasteiger partial charge in [-0.25, -0.2) is 4.98 Å². The number of rotatable bonds is 3. The van der Waals surface area contributed by atoms with Gasteiger partial charge >= 0.3 is 0 Å². The predicted molar refractivity (Wildman–Crippen MR) is 65.3 cm³/mol. The van der Waals surface area contributed by atoms with Gasteiger partial charge in [0.2, 0.25) is 5.13 Å². The highest BCUT2D eigenvalue weighted by Crippen LogP contribution is 2.24. The zero-order chi connectivity index (χ0) is 10.5. The number of benzene rings is 1. The Morgan fingerprint density at radius 3 is 2.87 bits per heavy atom. The SMILES string of the molecule is C/C=N\Nc1nc(-c2ccccc2)cs1. The van der Waals surface area contributed by atoms with Crippen molar-refractivity contribution in [3.63, 3.8) is 0 Å². The molecule has 3 nitrogen and oxygen atoms in total. The molecule has 1 aromatic heterocycles. The molecule has 1 heterocycles. The van der Waals surface area contributed by atoms with Crippen molar-refractivity contribution in [2.24, 2.45) is 5.10 Å². The molecular weight excluding hydrogens is 206 g/mol. The van der Waals surface area contributed by atoms with E-state index in [1.807, 2.05) is 42.6 Å². The summed E-state index contributed by atoms with van der Waals surface area (Å²) < 4.78 is 0. The maximum atomic E-state index is 4.41. The van der Waals surface area contributed by atoms with Crippen LogP contribution in [0.4, 0.5) is 5.13 Å². The highest BCUT2D eigenvalue weighted by Gasteiger charge is 2.02. The largest absolute Gasteiger partial charge is 0.253 e. The Kier molecular flexibility index (Phi) is 3.09. The van der Waals surface area contributed by atoms with Crippen LogP contribution in [0.5, 0.6) is 0 Å². The Hall–Kier alpha value is -1.68. The van der Waals surface area contributed by atoms with E-state index in [4.69, 9.17) is 0 Å². The van der Waals surface area contributed by atoms with Gasteiger partial charge in [-0.3, -0.25) is 5.43 Å². The third kappa shape index (κ3) is 2.41. The maximum absolute atomic E-state index is 4.41. The van der Waals surface area contributed by atoms with E-state index in [0.717, 1.165) is 16.4 Å². The van der Waals surface area contributed by atoms with E-state index in [1.54, 1.807) is 17.6 Å². The van der Waals surface area contributed by atoms with E-state index < -0.39 is 0 Å². The maximum Gasteiger partial charge on any atom is 0.203 e. The number of anilines is 1. The van der Waals surface area contributed by atoms with Gasteiger partial charge in [-0.2, -0.15) is 5.10 Å². The summed E-state index contributed by atoms with van der Waals surface area (Å²) in [7, 11) is 0. The second-order valence-electron chi connectivity index (χ2n) is 2.90. The molecule has 0 aliphatic carbocycles. The molecule has 0 aliphatic rings. The molecule has 2 rings (SSSR count). The normalized spacial score (nSPS) is 10.7. The van der Waals surface area contributed by atoms with Crippen LogP contribution < -0.4 is 5.43 Å². The lowest BCUT2D eigenvalue weighted by Crippen LogP contribution is -1.86. The van der Waals surface area contributed by atoms with E-state index in [9.17, 15) is 0 Å². The summed E-state index contributed by atoms with van der Waals surface area (Å²) in [6.07, 6.45) is 1.70. The van der Waals surface area contributed by atoms with Crippen LogP contribution in [0.15, 0.2) is 40.8 Å². The van der Waals surface area contributed by atoms with E-state index in [-0.39, 0.29) is 0 Å². The predicted octanol–water partition coefficient (Wildman–Crippen LogP) is 3.23. The summed E-state index contributed by atoms with van der Waals surface area (Å²) in [6, 6.07) is 10.1. The molecule has 0 saturated carbocycles. The first-order valence-electron chi connectivity index (χ1n) is 4.65. The lowest BCUT2D eigenvalue weighted by atomic mass is 10.2. The lowest BCUT2D eigenvalue weighted by Gasteiger charge is -1.94. The van der Waals surface area contributed by atoms with Crippen molar-refractivity contribution in [1.29, 1.82) is 0 Å². The first kappa shape index (κ1) is 9.86. The zero-order valence-electron chi connectivity index (χ0n) is 8.34. The number of aromatic nitrogens is 1. The van der Waals surface area contributed by atoms with Crippen LogP contribution in [0.3, 0.4) is 0 Å². The smallest absolute Gasteiger partial charge is 0.203 e. The van der Waals surface area contributed by atoms with Gasteiger partial charge in [0.15, 0.2) is 0 Å². The van der Waals surface area contributed by atoms with Crippen molar-refractivity contribution in [1.82, 2.24) is 4.98 Å². The van der Waals surface area contributed by atoms with Crippen LogP contribution in [-0.4, -0.2) is 11.2 Å². The molecule has 0 saturated heterocycles. The van der Waals surface area contributed by atoms with Gasteiger partial charge in [0, 0.05) is 17.2 Å². The summed E-state index contributed by atoms with van der Waals surface area (Å²) in [6.45, 7) is 1.86. The standard InChI is InChI=1S/C11H11N3S/c1-2-12-14-11-13-10(8-15-11)9-6-4-3-5-7-9/h2-8H,1H3,(H,13,14)/b12-2-. The molecular formula is C11H11N3S. The quantitative estimate of drug-likeness (QED) is 0.633. The van der Waals surface area contributed by atoms with Gasteiger partial charge in [0.1, 0.15) is 0 Å². The summed E-state index contributed by atoms with van der Waals surface area (Å²) >= 11 is 1.55. The molecule has 0 atom stereocenters. The Morgan fingerprint density at radius 1 is 1.33 bits per heavy atom. The van der Waals surface area contributed by atoms with Crippen molar-refractivity contribution < 1.29 is 0 Å². The van der Waals surface area contributed by atoms with Crippen LogP contribution in [-0.2, 0) is 0 Å². The summed E-state index contributed by atoms with van der Waals surface area (Å²) in [5.41, 5.74) is 4.97. The van der Waals surface area contributed by atoms with Crippen LogP contribution in [0.1, 0.15) is 6.92 Å². The molecule has 76 valence electrons. The molecule has 0 spiro atoms. The van der Waals surface area contributed by atoms with Gasteiger partial charge in [-0.1, -0.05) is 30.3 Å². The molecule has 4 heteroatoms. The third-order valence-electron chi connectivity index (χ3n) is 1.86. The molecule has 0 fully saturated rings. The number of hydrogen-bond acceptors (Lipinski definition) is 4. The summed E-state index contributed by atoms with van der Waals surface area (Å²) in [5, 5.41) is 6.75. The first-order chi connectivity index (χ1) is 7.40. The highest BCUT2D eigenvalue weighted by atomic mass is 32.1. The highest BCUT2D eigenvalue weighted by molar-refractivity contribution is 7.14. The van der Waals surface area contributed by atoms with Crippen LogP contribution in [0.25, 0.3) is 11.3 Å². The van der Waals surface area contributed by atoms with Crippen LogP contribution in [0, 0.1) is 0 Å². The molecule has 0 unspecified atom stereocenters. The van der Waals surface area contributed by atoms with E-state index in [0.29, 0.717) is 0 Å². The fourth-order valence-electron chi connectivity index (χ4n) is 1.19. The molecule has 1 aromatic carbocycles. The second-order valence-corrected chi connectivity index (χ2v) is 3.76. The lowest BCUT2D eigenvalue weighted by molar-refractivity contribution is 1.29. The minimum Gasteiger partial charge on any atom is -0.253 e.